The molecule has 0 bridgehead atoms. The van der Waals surface area contributed by atoms with Crippen LogP contribution in [0, 0.1) is 17.2 Å². The Bertz CT molecular complexity index is 950. The summed E-state index contributed by atoms with van der Waals surface area (Å²) in [6, 6.07) is 18.0. The zero-order valence-corrected chi connectivity index (χ0v) is 17.4. The van der Waals surface area contributed by atoms with Gasteiger partial charge >= 0.3 is 0 Å². The Labute approximate surface area is 179 Å². The molecule has 2 unspecified atom stereocenters. The molecule has 30 heavy (non-hydrogen) atoms. The molecule has 4 rings (SSSR count). The molecule has 0 heterocycles. The Hall–Kier alpha value is -2.39. The van der Waals surface area contributed by atoms with Gasteiger partial charge in [0.25, 0.3) is 0 Å². The van der Waals surface area contributed by atoms with Gasteiger partial charge in [0.2, 0.25) is 11.8 Å². The van der Waals surface area contributed by atoms with Crippen LogP contribution in [-0.2, 0) is 4.79 Å². The van der Waals surface area contributed by atoms with Crippen molar-refractivity contribution in [2.45, 2.75) is 54.1 Å². The number of nitriles is 1. The van der Waals surface area contributed by atoms with Gasteiger partial charge in [0.15, 0.2) is 0 Å². The summed E-state index contributed by atoms with van der Waals surface area (Å²) >= 11 is 1.89. The lowest BCUT2D eigenvalue weighted by Crippen LogP contribution is -2.41. The van der Waals surface area contributed by atoms with Crippen molar-refractivity contribution in [1.82, 2.24) is 5.32 Å². The molecule has 2 aromatic carbocycles. The maximum Gasteiger partial charge on any atom is 0.249 e. The van der Waals surface area contributed by atoms with Crippen LogP contribution >= 0.6 is 11.8 Å². The van der Waals surface area contributed by atoms with Crippen molar-refractivity contribution >= 4 is 17.7 Å². The zero-order valence-electron chi connectivity index (χ0n) is 16.6. The Morgan fingerprint density at radius 1 is 1.13 bits per heavy atom. The van der Waals surface area contributed by atoms with E-state index in [1.54, 1.807) is 0 Å². The smallest absolute Gasteiger partial charge is 0.249 e. The second-order valence-electron chi connectivity index (χ2n) is 8.12. The standard InChI is InChI=1S/C24H24F2N2OS/c25-24(26)12-11-21(22(15-24)23(29)28-14-13-27)20-4-2-1-3-19(20)16-5-7-17(8-6-16)30-18-9-10-18/h1-8,18,21-22H,9-12,14-15H2,(H,28,29). The van der Waals surface area contributed by atoms with E-state index in [-0.39, 0.29) is 25.3 Å². The summed E-state index contributed by atoms with van der Waals surface area (Å²) in [6.07, 6.45) is 2.07. The number of rotatable bonds is 6. The minimum Gasteiger partial charge on any atom is -0.343 e. The third-order valence-electron chi connectivity index (χ3n) is 5.86. The van der Waals surface area contributed by atoms with Crippen LogP contribution in [0.4, 0.5) is 8.78 Å². The maximum atomic E-state index is 14.2. The normalized spacial score (nSPS) is 22.8. The highest BCUT2D eigenvalue weighted by atomic mass is 32.2. The van der Waals surface area contributed by atoms with E-state index in [1.807, 2.05) is 42.1 Å². The lowest BCUT2D eigenvalue weighted by Gasteiger charge is -2.36. The van der Waals surface area contributed by atoms with Gasteiger partial charge in [-0.15, -0.1) is 11.8 Å². The number of alkyl halides is 2. The highest BCUT2D eigenvalue weighted by Gasteiger charge is 2.45. The van der Waals surface area contributed by atoms with Gasteiger partial charge in [-0.25, -0.2) is 8.78 Å². The fourth-order valence-corrected chi connectivity index (χ4v) is 5.26. The highest BCUT2D eigenvalue weighted by Crippen LogP contribution is 2.47. The monoisotopic (exact) mass is 426 g/mol. The number of nitrogens with zero attached hydrogens (tertiary/aromatic N) is 1. The SMILES string of the molecule is N#CCNC(=O)C1CC(F)(F)CCC1c1ccccc1-c1ccc(SC2CC2)cc1. The quantitative estimate of drug-likeness (QED) is 0.597. The number of benzene rings is 2. The summed E-state index contributed by atoms with van der Waals surface area (Å²) in [5.41, 5.74) is 2.93. The van der Waals surface area contributed by atoms with E-state index in [0.717, 1.165) is 21.9 Å². The molecular weight excluding hydrogens is 402 g/mol. The molecule has 3 nitrogen and oxygen atoms in total. The van der Waals surface area contributed by atoms with E-state index >= 15 is 0 Å². The maximum absolute atomic E-state index is 14.2. The number of halogens is 2. The van der Waals surface area contributed by atoms with Gasteiger partial charge in [0.05, 0.1) is 12.0 Å². The summed E-state index contributed by atoms with van der Waals surface area (Å²) in [4.78, 5) is 13.9. The Morgan fingerprint density at radius 3 is 2.57 bits per heavy atom. The van der Waals surface area contributed by atoms with E-state index in [1.165, 1.54) is 17.7 Å². The van der Waals surface area contributed by atoms with Crippen LogP contribution in [-0.4, -0.2) is 23.6 Å². The lowest BCUT2D eigenvalue weighted by atomic mass is 9.72. The molecule has 0 aromatic heterocycles. The van der Waals surface area contributed by atoms with Crippen LogP contribution in [0.1, 0.15) is 43.6 Å². The fraction of sp³-hybridized carbons (Fsp3) is 0.417. The summed E-state index contributed by atoms with van der Waals surface area (Å²) in [6.45, 7) is -0.171. The Kier molecular flexibility index (Phi) is 6.10. The lowest BCUT2D eigenvalue weighted by molar-refractivity contribution is -0.133. The molecule has 2 atom stereocenters. The minimum atomic E-state index is -2.86. The first-order valence-electron chi connectivity index (χ1n) is 10.4. The third-order valence-corrected chi connectivity index (χ3v) is 7.21. The van der Waals surface area contributed by atoms with E-state index < -0.39 is 24.2 Å². The molecule has 1 N–H and O–H groups in total. The number of carbonyl (C=O) groups excluding carboxylic acids is 1. The van der Waals surface area contributed by atoms with Crippen LogP contribution in [0.2, 0.25) is 0 Å². The first-order valence-corrected chi connectivity index (χ1v) is 11.2. The van der Waals surface area contributed by atoms with Gasteiger partial charge in [-0.3, -0.25) is 4.79 Å². The second-order valence-corrected chi connectivity index (χ2v) is 9.49. The number of thioether (sulfide) groups is 1. The van der Waals surface area contributed by atoms with Gasteiger partial charge in [-0.1, -0.05) is 36.4 Å². The summed E-state index contributed by atoms with van der Waals surface area (Å²) in [5.74, 6) is -4.48. The number of hydrogen-bond donors (Lipinski definition) is 1. The third kappa shape index (κ3) is 4.84. The Morgan fingerprint density at radius 2 is 1.87 bits per heavy atom. The van der Waals surface area contributed by atoms with Gasteiger partial charge in [0, 0.05) is 23.0 Å². The zero-order chi connectivity index (χ0) is 21.1. The van der Waals surface area contributed by atoms with Crippen molar-refractivity contribution in [1.29, 1.82) is 5.26 Å². The predicted molar refractivity (Wildman–Crippen MR) is 114 cm³/mol. The molecule has 2 saturated carbocycles. The minimum absolute atomic E-state index is 0.171. The van der Waals surface area contributed by atoms with E-state index in [9.17, 15) is 13.6 Å². The molecule has 156 valence electrons. The van der Waals surface area contributed by atoms with Crippen molar-refractivity contribution in [3.8, 4) is 17.2 Å². The summed E-state index contributed by atoms with van der Waals surface area (Å²) in [7, 11) is 0. The van der Waals surface area contributed by atoms with Gasteiger partial charge in [0.1, 0.15) is 6.54 Å². The van der Waals surface area contributed by atoms with Crippen molar-refractivity contribution in [2.24, 2.45) is 5.92 Å². The molecule has 2 fully saturated rings. The van der Waals surface area contributed by atoms with E-state index in [2.05, 4.69) is 29.6 Å². The molecule has 0 aliphatic heterocycles. The van der Waals surface area contributed by atoms with Crippen molar-refractivity contribution < 1.29 is 13.6 Å². The molecule has 1 amide bonds. The largest absolute Gasteiger partial charge is 0.343 e. The van der Waals surface area contributed by atoms with Crippen molar-refractivity contribution in [3.63, 3.8) is 0 Å². The van der Waals surface area contributed by atoms with Crippen LogP contribution in [0.25, 0.3) is 11.1 Å². The van der Waals surface area contributed by atoms with E-state index in [0.29, 0.717) is 0 Å². The molecule has 2 aliphatic rings. The van der Waals surface area contributed by atoms with Crippen LogP contribution in [0.15, 0.2) is 53.4 Å². The molecule has 6 heteroatoms. The molecule has 2 aromatic rings. The van der Waals surface area contributed by atoms with E-state index in [4.69, 9.17) is 5.26 Å². The predicted octanol–water partition coefficient (Wildman–Crippen LogP) is 5.77. The molecule has 0 radical (unpaired) electrons. The number of carbonyl (C=O) groups is 1. The number of hydrogen-bond acceptors (Lipinski definition) is 3. The second kappa shape index (κ2) is 8.77. The van der Waals surface area contributed by atoms with Crippen molar-refractivity contribution in [3.05, 3.63) is 54.1 Å². The molecule has 0 spiro atoms. The van der Waals surface area contributed by atoms with Gasteiger partial charge < -0.3 is 5.32 Å². The Balaban J connectivity index is 1.63. The average molecular weight is 427 g/mol. The highest BCUT2D eigenvalue weighted by molar-refractivity contribution is 8.00. The summed E-state index contributed by atoms with van der Waals surface area (Å²) < 4.78 is 28.3. The van der Waals surface area contributed by atoms with Crippen LogP contribution in [0.3, 0.4) is 0 Å². The van der Waals surface area contributed by atoms with Crippen molar-refractivity contribution in [2.75, 3.05) is 6.54 Å². The van der Waals surface area contributed by atoms with Crippen LogP contribution < -0.4 is 5.32 Å². The fourth-order valence-electron chi connectivity index (χ4n) is 4.21. The number of nitrogens with one attached hydrogen (secondary N) is 1. The molecule has 0 saturated heterocycles. The average Bonchev–Trinajstić information content (AvgIpc) is 3.56. The van der Waals surface area contributed by atoms with Gasteiger partial charge in [-0.05, 0) is 54.0 Å². The van der Waals surface area contributed by atoms with Crippen LogP contribution in [0.5, 0.6) is 0 Å². The van der Waals surface area contributed by atoms with Gasteiger partial charge in [-0.2, -0.15) is 5.26 Å². The first-order chi connectivity index (χ1) is 14.5. The molecule has 2 aliphatic carbocycles. The number of amides is 1. The summed E-state index contributed by atoms with van der Waals surface area (Å²) in [5, 5.41) is 12.0. The first kappa shape index (κ1) is 20.9. The topological polar surface area (TPSA) is 52.9 Å². The molecular formula is C24H24F2N2OS.